The van der Waals surface area contributed by atoms with E-state index in [1.807, 2.05) is 30.3 Å². The molecule has 1 fully saturated rings. The van der Waals surface area contributed by atoms with E-state index < -0.39 is 10.2 Å². The van der Waals surface area contributed by atoms with Crippen molar-refractivity contribution in [1.82, 2.24) is 23.8 Å². The van der Waals surface area contributed by atoms with Gasteiger partial charge < -0.3 is 5.32 Å². The molecule has 0 spiro atoms. The largest absolute Gasteiger partial charge is 0.366 e. The molecule has 3 aromatic rings. The van der Waals surface area contributed by atoms with Crippen LogP contribution in [0, 0.1) is 0 Å². The van der Waals surface area contributed by atoms with Crippen LogP contribution in [0.15, 0.2) is 54.9 Å². The number of rotatable bonds is 7. The smallest absolute Gasteiger partial charge is 0.281 e. The van der Waals surface area contributed by atoms with Crippen molar-refractivity contribution in [2.75, 3.05) is 32.5 Å². The van der Waals surface area contributed by atoms with Crippen LogP contribution in [0.1, 0.15) is 23.6 Å². The lowest BCUT2D eigenvalue weighted by atomic mass is 9.97. The summed E-state index contributed by atoms with van der Waals surface area (Å²) in [6, 6.07) is 14.1. The third kappa shape index (κ3) is 4.23. The average Bonchev–Trinajstić information content (AvgIpc) is 3.43. The Kier molecular flexibility index (Phi) is 5.85. The molecule has 158 valence electrons. The fourth-order valence-electron chi connectivity index (χ4n) is 3.72. The van der Waals surface area contributed by atoms with Crippen molar-refractivity contribution < 1.29 is 8.42 Å². The monoisotopic (exact) mass is 426 g/mol. The SMILES string of the molecule is CN(C)S(=O)(=O)N1CCC(c2[nH]ncc2-c2ccnc(NCc3ccccc3)c2)C1. The molecule has 0 aliphatic carbocycles. The maximum absolute atomic E-state index is 12.4. The molecular formula is C21H26N6O2S. The first kappa shape index (κ1) is 20.5. The van der Waals surface area contributed by atoms with Gasteiger partial charge in [-0.25, -0.2) is 4.98 Å². The van der Waals surface area contributed by atoms with Gasteiger partial charge in [0.25, 0.3) is 10.2 Å². The number of anilines is 1. The molecule has 1 aliphatic heterocycles. The van der Waals surface area contributed by atoms with Crippen LogP contribution >= 0.6 is 0 Å². The molecule has 1 aliphatic rings. The lowest BCUT2D eigenvalue weighted by molar-refractivity contribution is 0.418. The fraction of sp³-hybridized carbons (Fsp3) is 0.333. The zero-order chi connectivity index (χ0) is 21.1. The molecule has 2 aromatic heterocycles. The fourth-order valence-corrected chi connectivity index (χ4v) is 4.89. The van der Waals surface area contributed by atoms with Crippen LogP contribution in [0.5, 0.6) is 0 Å². The molecule has 1 atom stereocenters. The summed E-state index contributed by atoms with van der Waals surface area (Å²) in [6.45, 7) is 1.64. The Labute approximate surface area is 177 Å². The molecule has 1 unspecified atom stereocenters. The van der Waals surface area contributed by atoms with E-state index in [9.17, 15) is 8.42 Å². The quantitative estimate of drug-likeness (QED) is 0.606. The summed E-state index contributed by atoms with van der Waals surface area (Å²) in [6.07, 6.45) is 4.33. The predicted octanol–water partition coefficient (Wildman–Crippen LogP) is 2.68. The van der Waals surface area contributed by atoms with Crippen LogP contribution in [0.3, 0.4) is 0 Å². The highest BCUT2D eigenvalue weighted by Gasteiger charge is 2.35. The van der Waals surface area contributed by atoms with Crippen molar-refractivity contribution >= 4 is 16.0 Å². The van der Waals surface area contributed by atoms with Gasteiger partial charge in [-0.1, -0.05) is 30.3 Å². The number of pyridine rings is 1. The third-order valence-corrected chi connectivity index (χ3v) is 7.31. The van der Waals surface area contributed by atoms with E-state index in [0.29, 0.717) is 19.6 Å². The molecule has 8 nitrogen and oxygen atoms in total. The highest BCUT2D eigenvalue weighted by atomic mass is 32.2. The molecule has 0 saturated carbocycles. The van der Waals surface area contributed by atoms with Gasteiger partial charge in [-0.3, -0.25) is 5.10 Å². The second kappa shape index (κ2) is 8.55. The second-order valence-corrected chi connectivity index (χ2v) is 9.74. The van der Waals surface area contributed by atoms with Crippen molar-refractivity contribution in [2.24, 2.45) is 0 Å². The molecular weight excluding hydrogens is 400 g/mol. The minimum absolute atomic E-state index is 0.0751. The summed E-state index contributed by atoms with van der Waals surface area (Å²) in [4.78, 5) is 4.42. The molecule has 0 amide bonds. The van der Waals surface area contributed by atoms with Gasteiger partial charge in [-0.2, -0.15) is 22.1 Å². The highest BCUT2D eigenvalue weighted by Crippen LogP contribution is 2.34. The van der Waals surface area contributed by atoms with E-state index in [1.165, 1.54) is 14.2 Å². The minimum atomic E-state index is -3.41. The first-order chi connectivity index (χ1) is 14.4. The number of nitrogens with one attached hydrogen (secondary N) is 2. The maximum atomic E-state index is 12.4. The first-order valence-corrected chi connectivity index (χ1v) is 11.3. The summed E-state index contributed by atoms with van der Waals surface area (Å²) < 4.78 is 27.7. The van der Waals surface area contributed by atoms with Crippen molar-refractivity contribution in [2.45, 2.75) is 18.9 Å². The van der Waals surface area contributed by atoms with Gasteiger partial charge in [0.2, 0.25) is 0 Å². The number of aromatic nitrogens is 3. The topological polar surface area (TPSA) is 94.2 Å². The number of aromatic amines is 1. The van der Waals surface area contributed by atoms with Crippen molar-refractivity contribution in [3.63, 3.8) is 0 Å². The third-order valence-electron chi connectivity index (χ3n) is 5.40. The van der Waals surface area contributed by atoms with Gasteiger partial charge in [0.15, 0.2) is 0 Å². The zero-order valence-electron chi connectivity index (χ0n) is 17.1. The van der Waals surface area contributed by atoms with E-state index in [2.05, 4.69) is 32.6 Å². The van der Waals surface area contributed by atoms with Gasteiger partial charge >= 0.3 is 0 Å². The standard InChI is InChI=1S/C21H26N6O2S/c1-26(2)30(28,29)27-11-9-18(15-27)21-19(14-24-25-21)17-8-10-22-20(12-17)23-13-16-6-4-3-5-7-16/h3-8,10,12,14,18H,9,11,13,15H2,1-2H3,(H,22,23)(H,24,25). The molecule has 4 rings (SSSR count). The number of hydrogen-bond donors (Lipinski definition) is 2. The second-order valence-electron chi connectivity index (χ2n) is 7.60. The van der Waals surface area contributed by atoms with Gasteiger partial charge in [-0.15, -0.1) is 0 Å². The molecule has 30 heavy (non-hydrogen) atoms. The Hall–Kier alpha value is -2.75. The van der Waals surface area contributed by atoms with Crippen molar-refractivity contribution in [3.8, 4) is 11.1 Å². The Morgan fingerprint density at radius 1 is 1.23 bits per heavy atom. The summed E-state index contributed by atoms with van der Waals surface area (Å²) in [5.74, 6) is 0.859. The van der Waals surface area contributed by atoms with Crippen molar-refractivity contribution in [3.05, 3.63) is 66.1 Å². The van der Waals surface area contributed by atoms with Gasteiger partial charge in [0.1, 0.15) is 5.82 Å². The Morgan fingerprint density at radius 3 is 2.80 bits per heavy atom. The van der Waals surface area contributed by atoms with E-state index in [1.54, 1.807) is 26.5 Å². The number of nitrogens with zero attached hydrogens (tertiary/aromatic N) is 4. The molecule has 9 heteroatoms. The van der Waals surface area contributed by atoms with E-state index in [4.69, 9.17) is 0 Å². The van der Waals surface area contributed by atoms with Crippen LogP contribution in [-0.2, 0) is 16.8 Å². The van der Waals surface area contributed by atoms with Crippen LogP contribution in [0.25, 0.3) is 11.1 Å². The number of H-pyrrole nitrogens is 1. The lowest BCUT2D eigenvalue weighted by Gasteiger charge is -2.20. The zero-order valence-corrected chi connectivity index (χ0v) is 17.9. The van der Waals surface area contributed by atoms with Gasteiger partial charge in [0.05, 0.1) is 6.20 Å². The number of benzene rings is 1. The highest BCUT2D eigenvalue weighted by molar-refractivity contribution is 7.86. The van der Waals surface area contributed by atoms with Gasteiger partial charge in [-0.05, 0) is 29.7 Å². The maximum Gasteiger partial charge on any atom is 0.281 e. The minimum Gasteiger partial charge on any atom is -0.366 e. The first-order valence-electron chi connectivity index (χ1n) is 9.90. The van der Waals surface area contributed by atoms with E-state index >= 15 is 0 Å². The normalized spacial score (nSPS) is 17.5. The molecule has 2 N–H and O–H groups in total. The lowest BCUT2D eigenvalue weighted by Crippen LogP contribution is -2.38. The Balaban J connectivity index is 1.51. The van der Waals surface area contributed by atoms with E-state index in [-0.39, 0.29) is 5.92 Å². The van der Waals surface area contributed by atoms with Crippen molar-refractivity contribution in [1.29, 1.82) is 0 Å². The Morgan fingerprint density at radius 2 is 2.03 bits per heavy atom. The molecule has 1 aromatic carbocycles. The van der Waals surface area contributed by atoms with E-state index in [0.717, 1.165) is 29.1 Å². The number of hydrogen-bond acceptors (Lipinski definition) is 5. The molecule has 3 heterocycles. The van der Waals surface area contributed by atoms with Crippen LogP contribution < -0.4 is 5.32 Å². The average molecular weight is 427 g/mol. The molecule has 1 saturated heterocycles. The summed E-state index contributed by atoms with van der Waals surface area (Å²) in [7, 11) is -0.285. The summed E-state index contributed by atoms with van der Waals surface area (Å²) in [5.41, 5.74) is 4.13. The van der Waals surface area contributed by atoms with Gasteiger partial charge in [0, 0.05) is 57.1 Å². The summed E-state index contributed by atoms with van der Waals surface area (Å²) in [5, 5.41) is 10.7. The predicted molar refractivity (Wildman–Crippen MR) is 117 cm³/mol. The Bertz CT molecular complexity index is 1100. The van der Waals surface area contributed by atoms with Crippen LogP contribution in [-0.4, -0.2) is 59.4 Å². The molecule has 0 radical (unpaired) electrons. The van der Waals surface area contributed by atoms with Crippen LogP contribution in [0.2, 0.25) is 0 Å². The summed E-state index contributed by atoms with van der Waals surface area (Å²) >= 11 is 0. The molecule has 0 bridgehead atoms. The van der Waals surface area contributed by atoms with Crippen LogP contribution in [0.4, 0.5) is 5.82 Å².